The van der Waals surface area contributed by atoms with Crippen molar-refractivity contribution in [3.8, 4) is 0 Å². The molecule has 0 bridgehead atoms. The summed E-state index contributed by atoms with van der Waals surface area (Å²) in [6.45, 7) is 6.51. The molecule has 1 aliphatic carbocycles. The van der Waals surface area contributed by atoms with E-state index in [-0.39, 0.29) is 0 Å². The first-order chi connectivity index (χ1) is 12.6. The predicted octanol–water partition coefficient (Wildman–Crippen LogP) is 4.37. The molecule has 2 aromatic rings. The van der Waals surface area contributed by atoms with E-state index in [0.717, 1.165) is 31.0 Å². The number of fused-ring (bicyclic) bond motifs is 1. The first-order valence-corrected chi connectivity index (χ1v) is 10.1. The van der Waals surface area contributed by atoms with Crippen LogP contribution < -0.4 is 5.32 Å². The lowest BCUT2D eigenvalue weighted by molar-refractivity contribution is -0.120. The van der Waals surface area contributed by atoms with Gasteiger partial charge in [-0.25, -0.2) is 0 Å². The van der Waals surface area contributed by atoms with Crippen molar-refractivity contribution < 1.29 is 5.11 Å². The lowest BCUT2D eigenvalue weighted by Gasteiger charge is -2.53. The molecule has 1 saturated carbocycles. The number of benzene rings is 2. The van der Waals surface area contributed by atoms with Gasteiger partial charge in [0.1, 0.15) is 0 Å². The molecule has 2 heteroatoms. The van der Waals surface area contributed by atoms with Gasteiger partial charge in [-0.1, -0.05) is 54.1 Å². The highest BCUT2D eigenvalue weighted by Crippen LogP contribution is 2.54. The number of hydrogen-bond acceptors (Lipinski definition) is 2. The molecule has 2 aromatic carbocycles. The van der Waals surface area contributed by atoms with Crippen molar-refractivity contribution in [3.05, 3.63) is 70.8 Å². The minimum Gasteiger partial charge on any atom is -0.385 e. The summed E-state index contributed by atoms with van der Waals surface area (Å²) in [6.07, 6.45) is 4.31. The van der Waals surface area contributed by atoms with E-state index in [2.05, 4.69) is 67.7 Å². The third-order valence-electron chi connectivity index (χ3n) is 6.80. The van der Waals surface area contributed by atoms with Crippen molar-refractivity contribution in [1.82, 2.24) is 5.32 Å². The zero-order chi connectivity index (χ0) is 18.1. The molecule has 0 spiro atoms. The van der Waals surface area contributed by atoms with Gasteiger partial charge >= 0.3 is 0 Å². The number of aliphatic hydroxyl groups is 1. The molecule has 4 rings (SSSR count). The fourth-order valence-electron chi connectivity index (χ4n) is 5.44. The second-order valence-corrected chi connectivity index (χ2v) is 8.50. The molecule has 4 atom stereocenters. The highest BCUT2D eigenvalue weighted by atomic mass is 16.3. The molecule has 0 amide bonds. The number of hydrogen-bond donors (Lipinski definition) is 2. The third kappa shape index (κ3) is 3.21. The van der Waals surface area contributed by atoms with Gasteiger partial charge in [0.15, 0.2) is 0 Å². The lowest BCUT2D eigenvalue weighted by atomic mass is 9.54. The van der Waals surface area contributed by atoms with E-state index in [9.17, 15) is 5.11 Å². The van der Waals surface area contributed by atoms with E-state index in [0.29, 0.717) is 18.3 Å². The zero-order valence-electron chi connectivity index (χ0n) is 16.0. The second kappa shape index (κ2) is 7.17. The van der Waals surface area contributed by atoms with Crippen LogP contribution in [0.4, 0.5) is 0 Å². The SMILES string of the molecule is Cc1ccc(C(O)(Cc2ccccc2)C2CC3CCNCCC32)c(C)c1. The lowest BCUT2D eigenvalue weighted by Crippen LogP contribution is -2.51. The Kier molecular flexibility index (Phi) is 4.90. The fraction of sp³-hybridized carbons (Fsp3) is 0.500. The molecule has 1 aliphatic heterocycles. The van der Waals surface area contributed by atoms with Gasteiger partial charge in [0.2, 0.25) is 0 Å². The Morgan fingerprint density at radius 1 is 1.04 bits per heavy atom. The van der Waals surface area contributed by atoms with Gasteiger partial charge < -0.3 is 10.4 Å². The smallest absolute Gasteiger partial charge is 0.0970 e. The van der Waals surface area contributed by atoms with Gasteiger partial charge in [-0.3, -0.25) is 0 Å². The van der Waals surface area contributed by atoms with Gasteiger partial charge in [-0.05, 0) is 80.6 Å². The van der Waals surface area contributed by atoms with Crippen molar-refractivity contribution in [2.24, 2.45) is 17.8 Å². The van der Waals surface area contributed by atoms with Crippen LogP contribution in [0.3, 0.4) is 0 Å². The molecule has 2 nitrogen and oxygen atoms in total. The van der Waals surface area contributed by atoms with Gasteiger partial charge in [0.25, 0.3) is 0 Å². The summed E-state index contributed by atoms with van der Waals surface area (Å²) < 4.78 is 0. The summed E-state index contributed by atoms with van der Waals surface area (Å²) >= 11 is 0. The second-order valence-electron chi connectivity index (χ2n) is 8.50. The number of aryl methyl sites for hydroxylation is 2. The topological polar surface area (TPSA) is 32.3 Å². The quantitative estimate of drug-likeness (QED) is 0.859. The highest BCUT2D eigenvalue weighted by Gasteiger charge is 2.52. The van der Waals surface area contributed by atoms with E-state index in [4.69, 9.17) is 0 Å². The summed E-state index contributed by atoms with van der Waals surface area (Å²) in [5, 5.41) is 15.7. The molecule has 0 radical (unpaired) electrons. The Labute approximate surface area is 157 Å². The van der Waals surface area contributed by atoms with E-state index in [1.54, 1.807) is 0 Å². The van der Waals surface area contributed by atoms with E-state index >= 15 is 0 Å². The molecule has 2 aliphatic rings. The molecule has 26 heavy (non-hydrogen) atoms. The molecule has 2 fully saturated rings. The van der Waals surface area contributed by atoms with E-state index in [1.165, 1.54) is 29.5 Å². The Balaban J connectivity index is 1.71. The maximum absolute atomic E-state index is 12.1. The van der Waals surface area contributed by atoms with Gasteiger partial charge in [0, 0.05) is 6.42 Å². The molecule has 0 aromatic heterocycles. The van der Waals surface area contributed by atoms with Crippen molar-refractivity contribution in [2.45, 2.75) is 45.1 Å². The maximum Gasteiger partial charge on any atom is 0.0970 e. The van der Waals surface area contributed by atoms with Gasteiger partial charge in [-0.2, -0.15) is 0 Å². The van der Waals surface area contributed by atoms with Crippen LogP contribution in [0.15, 0.2) is 48.5 Å². The van der Waals surface area contributed by atoms with Crippen LogP contribution in [-0.2, 0) is 12.0 Å². The minimum absolute atomic E-state index is 0.356. The summed E-state index contributed by atoms with van der Waals surface area (Å²) in [7, 11) is 0. The van der Waals surface area contributed by atoms with Crippen molar-refractivity contribution >= 4 is 0 Å². The average Bonchev–Trinajstić information content (AvgIpc) is 2.77. The normalized spacial score (nSPS) is 27.7. The van der Waals surface area contributed by atoms with Crippen LogP contribution in [0.5, 0.6) is 0 Å². The minimum atomic E-state index is -0.773. The largest absolute Gasteiger partial charge is 0.385 e. The maximum atomic E-state index is 12.1. The van der Waals surface area contributed by atoms with Crippen molar-refractivity contribution in [2.75, 3.05) is 13.1 Å². The molecular formula is C24H31NO. The van der Waals surface area contributed by atoms with Crippen LogP contribution in [0.1, 0.15) is 41.5 Å². The molecule has 4 unspecified atom stereocenters. The van der Waals surface area contributed by atoms with Crippen LogP contribution in [0, 0.1) is 31.6 Å². The Bertz CT molecular complexity index is 756. The molecule has 1 heterocycles. The first-order valence-electron chi connectivity index (χ1n) is 10.1. The van der Waals surface area contributed by atoms with Crippen LogP contribution in [-0.4, -0.2) is 18.2 Å². The Morgan fingerprint density at radius 2 is 1.81 bits per heavy atom. The summed E-state index contributed by atoms with van der Waals surface area (Å²) in [5.74, 6) is 1.77. The first kappa shape index (κ1) is 17.8. The molecular weight excluding hydrogens is 318 g/mol. The van der Waals surface area contributed by atoms with Crippen molar-refractivity contribution in [3.63, 3.8) is 0 Å². The summed E-state index contributed by atoms with van der Waals surface area (Å²) in [5.41, 5.74) is 4.07. The molecule has 2 N–H and O–H groups in total. The number of rotatable bonds is 4. The molecule has 138 valence electrons. The average molecular weight is 350 g/mol. The van der Waals surface area contributed by atoms with Gasteiger partial charge in [-0.15, -0.1) is 0 Å². The highest BCUT2D eigenvalue weighted by molar-refractivity contribution is 5.38. The fourth-order valence-corrected chi connectivity index (χ4v) is 5.44. The zero-order valence-corrected chi connectivity index (χ0v) is 16.0. The predicted molar refractivity (Wildman–Crippen MR) is 107 cm³/mol. The van der Waals surface area contributed by atoms with Crippen LogP contribution in [0.25, 0.3) is 0 Å². The monoisotopic (exact) mass is 349 g/mol. The van der Waals surface area contributed by atoms with Crippen molar-refractivity contribution in [1.29, 1.82) is 0 Å². The van der Waals surface area contributed by atoms with Gasteiger partial charge in [0.05, 0.1) is 5.60 Å². The standard InChI is InChI=1S/C24H31NO/c1-17-8-9-22(18(2)14-17)24(26,16-19-6-4-3-5-7-19)23-15-20-10-12-25-13-11-21(20)23/h3-9,14,20-21,23,25-26H,10-13,15-16H2,1-2H3. The van der Waals surface area contributed by atoms with Crippen LogP contribution >= 0.6 is 0 Å². The van der Waals surface area contributed by atoms with Crippen LogP contribution in [0.2, 0.25) is 0 Å². The van der Waals surface area contributed by atoms with E-state index in [1.807, 2.05) is 0 Å². The number of nitrogens with one attached hydrogen (secondary N) is 1. The van der Waals surface area contributed by atoms with E-state index < -0.39 is 5.60 Å². The summed E-state index contributed by atoms with van der Waals surface area (Å²) in [4.78, 5) is 0. The Morgan fingerprint density at radius 3 is 2.58 bits per heavy atom. The Hall–Kier alpha value is -1.64. The third-order valence-corrected chi connectivity index (χ3v) is 6.80. The summed E-state index contributed by atoms with van der Waals surface area (Å²) in [6, 6.07) is 17.1. The molecule has 1 saturated heterocycles.